The number of carbonyl (C=O) groups excluding carboxylic acids is 2. The second-order valence-corrected chi connectivity index (χ2v) is 11.6. The average Bonchev–Trinajstić information content (AvgIpc) is 2.69. The number of ether oxygens (including phenoxy) is 2. The van der Waals surface area contributed by atoms with Crippen molar-refractivity contribution in [2.75, 3.05) is 13.2 Å². The second kappa shape index (κ2) is 15.0. The highest BCUT2D eigenvalue weighted by Crippen LogP contribution is 2.56. The van der Waals surface area contributed by atoms with Gasteiger partial charge in [-0.05, 0) is 49.4 Å². The van der Waals surface area contributed by atoms with Crippen LogP contribution in [0.25, 0.3) is 0 Å². The molecule has 0 heterocycles. The van der Waals surface area contributed by atoms with Gasteiger partial charge in [0, 0.05) is 0 Å². The van der Waals surface area contributed by atoms with Crippen LogP contribution in [0.3, 0.4) is 0 Å². The zero-order valence-electron chi connectivity index (χ0n) is 23.0. The van der Waals surface area contributed by atoms with Gasteiger partial charge < -0.3 is 9.47 Å². The molecular weight excluding hydrogens is 400 g/mol. The Balaban J connectivity index is 6.85. The first-order valence-corrected chi connectivity index (χ1v) is 13.2. The summed E-state index contributed by atoms with van der Waals surface area (Å²) in [6.45, 7) is 21.9. The van der Waals surface area contributed by atoms with E-state index in [0.29, 0.717) is 38.9 Å². The smallest absolute Gasteiger partial charge is 0.313 e. The van der Waals surface area contributed by atoms with E-state index in [0.717, 1.165) is 25.7 Å². The molecule has 0 bridgehead atoms. The normalized spacial score (nSPS) is 15.8. The van der Waals surface area contributed by atoms with Gasteiger partial charge >= 0.3 is 11.9 Å². The minimum absolute atomic E-state index is 0.188. The number of carbonyl (C=O) groups is 2. The summed E-state index contributed by atoms with van der Waals surface area (Å²) in [5, 5.41) is 0. The Morgan fingerprint density at radius 2 is 0.906 bits per heavy atom. The number of hydrogen-bond acceptors (Lipinski definition) is 4. The summed E-state index contributed by atoms with van der Waals surface area (Å²) in [5.41, 5.74) is -1.72. The topological polar surface area (TPSA) is 52.6 Å². The van der Waals surface area contributed by atoms with Crippen LogP contribution >= 0.6 is 0 Å². The molecule has 0 aliphatic carbocycles. The van der Waals surface area contributed by atoms with Crippen molar-refractivity contribution < 1.29 is 19.1 Å². The molecule has 0 rings (SSSR count). The zero-order chi connectivity index (χ0) is 24.9. The van der Waals surface area contributed by atoms with E-state index in [1.54, 1.807) is 0 Å². The van der Waals surface area contributed by atoms with Crippen LogP contribution in [0.1, 0.15) is 121 Å². The van der Waals surface area contributed by atoms with Crippen LogP contribution in [0.2, 0.25) is 0 Å². The van der Waals surface area contributed by atoms with Gasteiger partial charge in [0.05, 0.1) is 24.0 Å². The van der Waals surface area contributed by atoms with Crippen molar-refractivity contribution in [3.8, 4) is 0 Å². The first-order valence-electron chi connectivity index (χ1n) is 13.2. The van der Waals surface area contributed by atoms with E-state index in [2.05, 4.69) is 69.2 Å². The molecule has 2 atom stereocenters. The zero-order valence-corrected chi connectivity index (χ0v) is 23.0. The molecule has 0 aromatic heterocycles. The molecule has 0 N–H and O–H groups in total. The van der Waals surface area contributed by atoms with E-state index >= 15 is 0 Å². The second-order valence-electron chi connectivity index (χ2n) is 11.6. The predicted molar refractivity (Wildman–Crippen MR) is 134 cm³/mol. The maximum atomic E-state index is 14.0. The van der Waals surface area contributed by atoms with Crippen molar-refractivity contribution in [1.29, 1.82) is 0 Å². The van der Waals surface area contributed by atoms with Crippen LogP contribution < -0.4 is 0 Å². The molecule has 190 valence electrons. The predicted octanol–water partition coefficient (Wildman–Crippen LogP) is 7.83. The third-order valence-electron chi connectivity index (χ3n) is 6.22. The highest BCUT2D eigenvalue weighted by Gasteiger charge is 2.61. The lowest BCUT2D eigenvalue weighted by atomic mass is 9.53. The molecule has 0 radical (unpaired) electrons. The molecule has 0 aliphatic rings. The summed E-state index contributed by atoms with van der Waals surface area (Å²) in [5.74, 6) is 0.669. The Morgan fingerprint density at radius 1 is 0.594 bits per heavy atom. The molecule has 0 amide bonds. The number of rotatable bonds is 17. The van der Waals surface area contributed by atoms with Crippen molar-refractivity contribution in [1.82, 2.24) is 0 Å². The number of unbranched alkanes of at least 4 members (excludes halogenated alkanes) is 2. The van der Waals surface area contributed by atoms with Gasteiger partial charge in [-0.3, -0.25) is 9.59 Å². The van der Waals surface area contributed by atoms with Crippen molar-refractivity contribution in [3.63, 3.8) is 0 Å². The first kappa shape index (κ1) is 30.9. The highest BCUT2D eigenvalue weighted by molar-refractivity contribution is 5.88. The molecule has 0 saturated carbocycles. The van der Waals surface area contributed by atoms with Crippen LogP contribution in [0, 0.1) is 34.5 Å². The summed E-state index contributed by atoms with van der Waals surface area (Å²) >= 11 is 0. The summed E-state index contributed by atoms with van der Waals surface area (Å²) < 4.78 is 11.9. The summed E-state index contributed by atoms with van der Waals surface area (Å²) in [6, 6.07) is 0. The minimum atomic E-state index is -0.862. The Bertz CT molecular complexity index is 490. The van der Waals surface area contributed by atoms with E-state index in [1.165, 1.54) is 0 Å². The fraction of sp³-hybridized carbons (Fsp3) is 0.929. The fourth-order valence-corrected chi connectivity index (χ4v) is 4.95. The molecular formula is C28H54O4. The van der Waals surface area contributed by atoms with Gasteiger partial charge in [-0.25, -0.2) is 0 Å². The first-order chi connectivity index (χ1) is 14.9. The summed E-state index contributed by atoms with van der Waals surface area (Å²) in [4.78, 5) is 28.0. The standard InChI is InChI=1S/C28H54O4/c1-11-13-15-27(17-21(3)4,25(29)31-19-23(7)8)28(16-14-12-2,18-22(5)6)26(30)32-20-24(9)10/h21-24H,11-20H2,1-10H3. The highest BCUT2D eigenvalue weighted by atomic mass is 16.5. The maximum absolute atomic E-state index is 14.0. The van der Waals surface area contributed by atoms with Crippen LogP contribution in [0.15, 0.2) is 0 Å². The Kier molecular flexibility index (Phi) is 14.5. The largest absolute Gasteiger partial charge is 0.465 e. The number of hydrogen-bond donors (Lipinski definition) is 0. The molecule has 32 heavy (non-hydrogen) atoms. The van der Waals surface area contributed by atoms with E-state index in [9.17, 15) is 9.59 Å². The van der Waals surface area contributed by atoms with Crippen LogP contribution in [0.4, 0.5) is 0 Å². The Labute approximate surface area is 199 Å². The molecule has 0 aromatic rings. The quantitative estimate of drug-likeness (QED) is 0.210. The molecule has 4 heteroatoms. The average molecular weight is 455 g/mol. The van der Waals surface area contributed by atoms with E-state index in [1.807, 2.05) is 0 Å². The van der Waals surface area contributed by atoms with Crippen molar-refractivity contribution >= 4 is 11.9 Å². The van der Waals surface area contributed by atoms with Crippen LogP contribution in [0.5, 0.6) is 0 Å². The minimum Gasteiger partial charge on any atom is -0.465 e. The third-order valence-corrected chi connectivity index (χ3v) is 6.22. The Hall–Kier alpha value is -1.06. The SMILES string of the molecule is CCCCC(CC(C)C)(C(=O)OCC(C)C)C(CCCC)(CC(C)C)C(=O)OCC(C)C. The van der Waals surface area contributed by atoms with Gasteiger partial charge in [0.25, 0.3) is 0 Å². The van der Waals surface area contributed by atoms with Gasteiger partial charge in [-0.2, -0.15) is 0 Å². The van der Waals surface area contributed by atoms with Crippen LogP contribution in [-0.4, -0.2) is 25.2 Å². The van der Waals surface area contributed by atoms with E-state index in [-0.39, 0.29) is 35.6 Å². The van der Waals surface area contributed by atoms with Gasteiger partial charge in [-0.15, -0.1) is 0 Å². The molecule has 0 fully saturated rings. The van der Waals surface area contributed by atoms with Crippen molar-refractivity contribution in [3.05, 3.63) is 0 Å². The lowest BCUT2D eigenvalue weighted by Gasteiger charge is -2.49. The third kappa shape index (κ3) is 9.06. The maximum Gasteiger partial charge on any atom is 0.313 e. The van der Waals surface area contributed by atoms with Crippen LogP contribution in [-0.2, 0) is 19.1 Å². The molecule has 0 spiro atoms. The molecule has 0 saturated heterocycles. The van der Waals surface area contributed by atoms with E-state index in [4.69, 9.17) is 9.47 Å². The monoisotopic (exact) mass is 454 g/mol. The molecule has 4 nitrogen and oxygen atoms in total. The summed E-state index contributed by atoms with van der Waals surface area (Å²) in [7, 11) is 0. The molecule has 0 aromatic carbocycles. The van der Waals surface area contributed by atoms with E-state index < -0.39 is 10.8 Å². The number of esters is 2. The summed E-state index contributed by atoms with van der Waals surface area (Å²) in [6.07, 6.45) is 6.39. The fourth-order valence-electron chi connectivity index (χ4n) is 4.95. The van der Waals surface area contributed by atoms with Crippen molar-refractivity contribution in [2.45, 2.75) is 121 Å². The van der Waals surface area contributed by atoms with Gasteiger partial charge in [0.15, 0.2) is 0 Å². The Morgan fingerprint density at radius 3 is 1.12 bits per heavy atom. The molecule has 2 unspecified atom stereocenters. The van der Waals surface area contributed by atoms with Crippen molar-refractivity contribution in [2.24, 2.45) is 34.5 Å². The van der Waals surface area contributed by atoms with Gasteiger partial charge in [-0.1, -0.05) is 94.9 Å². The lowest BCUT2D eigenvalue weighted by Crippen LogP contribution is -2.55. The molecule has 0 aliphatic heterocycles. The van der Waals surface area contributed by atoms with Gasteiger partial charge in [0.1, 0.15) is 0 Å². The lowest BCUT2D eigenvalue weighted by molar-refractivity contribution is -0.190. The van der Waals surface area contributed by atoms with Gasteiger partial charge in [0.2, 0.25) is 0 Å².